The van der Waals surface area contributed by atoms with Crippen LogP contribution in [0.25, 0.3) is 0 Å². The molecular formula is C12H14BrFSi. The lowest BCUT2D eigenvalue weighted by molar-refractivity contribution is 0.800. The SMILES string of the molecule is C=CC[Si](F)(CC=C)c1ccc(Br)cc1. The summed E-state index contributed by atoms with van der Waals surface area (Å²) in [5.74, 6) is 0. The van der Waals surface area contributed by atoms with E-state index in [9.17, 15) is 4.11 Å². The van der Waals surface area contributed by atoms with Gasteiger partial charge < -0.3 is 4.11 Å². The molecule has 0 nitrogen and oxygen atoms in total. The Kier molecular flexibility index (Phi) is 4.48. The molecule has 0 saturated heterocycles. The summed E-state index contributed by atoms with van der Waals surface area (Å²) in [5.41, 5.74) is 0. The van der Waals surface area contributed by atoms with Gasteiger partial charge in [0.25, 0.3) is 8.41 Å². The number of hydrogen-bond acceptors (Lipinski definition) is 0. The third-order valence-corrected chi connectivity index (χ3v) is 6.07. The molecule has 80 valence electrons. The first kappa shape index (κ1) is 12.4. The maximum Gasteiger partial charge on any atom is 0.284 e. The quantitative estimate of drug-likeness (QED) is 0.436. The van der Waals surface area contributed by atoms with Crippen LogP contribution in [0.15, 0.2) is 54.0 Å². The fourth-order valence-electron chi connectivity index (χ4n) is 1.53. The Morgan fingerprint density at radius 3 is 2.00 bits per heavy atom. The predicted octanol–water partition coefficient (Wildman–Crippen LogP) is 3.94. The van der Waals surface area contributed by atoms with Crippen molar-refractivity contribution in [2.45, 2.75) is 12.1 Å². The molecule has 0 heterocycles. The largest absolute Gasteiger partial charge is 0.307 e. The van der Waals surface area contributed by atoms with E-state index in [1.54, 1.807) is 12.2 Å². The topological polar surface area (TPSA) is 0 Å². The highest BCUT2D eigenvalue weighted by atomic mass is 79.9. The Bertz CT molecular complexity index is 335. The van der Waals surface area contributed by atoms with E-state index in [2.05, 4.69) is 29.1 Å². The standard InChI is InChI=1S/C12H14BrFSi/c1-3-9-15(14,10-4-2)12-7-5-11(13)6-8-12/h3-8H,1-2,9-10H2. The van der Waals surface area contributed by atoms with Gasteiger partial charge in [0.15, 0.2) is 0 Å². The number of benzene rings is 1. The van der Waals surface area contributed by atoms with E-state index in [0.29, 0.717) is 12.1 Å². The predicted molar refractivity (Wildman–Crippen MR) is 70.6 cm³/mol. The van der Waals surface area contributed by atoms with Crippen LogP contribution in [0, 0.1) is 0 Å². The zero-order chi connectivity index (χ0) is 11.3. The summed E-state index contributed by atoms with van der Waals surface area (Å²) in [6, 6.07) is 8.35. The molecule has 0 amide bonds. The van der Waals surface area contributed by atoms with Crippen LogP contribution in [-0.2, 0) is 0 Å². The Hall–Kier alpha value is -0.673. The fraction of sp³-hybridized carbons (Fsp3) is 0.167. The van der Waals surface area contributed by atoms with Gasteiger partial charge in [-0.1, -0.05) is 40.2 Å². The Labute approximate surface area is 99.8 Å². The van der Waals surface area contributed by atoms with Crippen molar-refractivity contribution < 1.29 is 4.11 Å². The smallest absolute Gasteiger partial charge is 0.284 e. The molecule has 0 aliphatic rings. The van der Waals surface area contributed by atoms with Crippen LogP contribution >= 0.6 is 15.9 Å². The number of allylic oxidation sites excluding steroid dienone is 2. The third-order valence-electron chi connectivity index (χ3n) is 2.30. The van der Waals surface area contributed by atoms with Crippen LogP contribution in [0.3, 0.4) is 0 Å². The fourth-order valence-corrected chi connectivity index (χ4v) is 4.11. The Balaban J connectivity index is 3.02. The summed E-state index contributed by atoms with van der Waals surface area (Å²) < 4.78 is 15.6. The first-order chi connectivity index (χ1) is 7.12. The highest BCUT2D eigenvalue weighted by Gasteiger charge is 2.33. The molecule has 0 N–H and O–H groups in total. The van der Waals surface area contributed by atoms with Crippen molar-refractivity contribution in [3.05, 3.63) is 54.0 Å². The normalized spacial score (nSPS) is 11.1. The van der Waals surface area contributed by atoms with Crippen molar-refractivity contribution in [2.24, 2.45) is 0 Å². The van der Waals surface area contributed by atoms with Gasteiger partial charge in [-0.05, 0) is 29.4 Å². The summed E-state index contributed by atoms with van der Waals surface area (Å²) in [4.78, 5) is 0. The van der Waals surface area contributed by atoms with Crippen LogP contribution in [0.2, 0.25) is 12.1 Å². The van der Waals surface area contributed by atoms with E-state index in [1.807, 2.05) is 24.3 Å². The van der Waals surface area contributed by atoms with Crippen LogP contribution < -0.4 is 5.19 Å². The lowest BCUT2D eigenvalue weighted by atomic mass is 10.4. The molecule has 1 rings (SSSR count). The Morgan fingerprint density at radius 1 is 1.13 bits per heavy atom. The molecule has 0 atom stereocenters. The lowest BCUT2D eigenvalue weighted by Gasteiger charge is -2.19. The van der Waals surface area contributed by atoms with Gasteiger partial charge in [-0.15, -0.1) is 13.2 Å². The third kappa shape index (κ3) is 3.14. The van der Waals surface area contributed by atoms with E-state index < -0.39 is 8.41 Å². The lowest BCUT2D eigenvalue weighted by Crippen LogP contribution is -2.42. The summed E-state index contributed by atoms with van der Waals surface area (Å²) in [7, 11) is -2.91. The van der Waals surface area contributed by atoms with Crippen LogP contribution in [0.5, 0.6) is 0 Å². The molecule has 0 radical (unpaired) electrons. The monoisotopic (exact) mass is 284 g/mol. The van der Waals surface area contributed by atoms with E-state index in [4.69, 9.17) is 0 Å². The van der Waals surface area contributed by atoms with Gasteiger partial charge in [0.2, 0.25) is 0 Å². The van der Waals surface area contributed by atoms with Crippen molar-refractivity contribution in [1.29, 1.82) is 0 Å². The highest BCUT2D eigenvalue weighted by molar-refractivity contribution is 9.10. The average molecular weight is 285 g/mol. The molecule has 0 fully saturated rings. The summed E-state index contributed by atoms with van der Waals surface area (Å²) >= 11 is 3.34. The summed E-state index contributed by atoms with van der Waals surface area (Å²) in [6.45, 7) is 7.24. The zero-order valence-electron chi connectivity index (χ0n) is 8.55. The maximum atomic E-state index is 14.6. The van der Waals surface area contributed by atoms with Crippen LogP contribution in [-0.4, -0.2) is 8.41 Å². The molecule has 0 aliphatic heterocycles. The van der Waals surface area contributed by atoms with Gasteiger partial charge in [-0.2, -0.15) is 0 Å². The van der Waals surface area contributed by atoms with Gasteiger partial charge >= 0.3 is 0 Å². The molecule has 0 aliphatic carbocycles. The second kappa shape index (κ2) is 5.42. The van der Waals surface area contributed by atoms with Crippen molar-refractivity contribution in [3.8, 4) is 0 Å². The molecule has 0 bridgehead atoms. The molecule has 1 aromatic rings. The van der Waals surface area contributed by atoms with E-state index in [1.165, 1.54) is 0 Å². The number of halogens is 2. The minimum atomic E-state index is -2.91. The molecule has 0 spiro atoms. The number of rotatable bonds is 5. The van der Waals surface area contributed by atoms with Gasteiger partial charge in [-0.3, -0.25) is 0 Å². The molecule has 0 unspecified atom stereocenters. The summed E-state index contributed by atoms with van der Waals surface area (Å²) in [5, 5.41) is 0.811. The number of hydrogen-bond donors (Lipinski definition) is 0. The molecule has 3 heteroatoms. The Morgan fingerprint density at radius 2 is 1.60 bits per heavy atom. The molecule has 0 aromatic heterocycles. The van der Waals surface area contributed by atoms with Gasteiger partial charge in [0, 0.05) is 4.47 Å². The zero-order valence-corrected chi connectivity index (χ0v) is 11.1. The highest BCUT2D eigenvalue weighted by Crippen LogP contribution is 2.19. The van der Waals surface area contributed by atoms with Crippen molar-refractivity contribution in [3.63, 3.8) is 0 Å². The van der Waals surface area contributed by atoms with Gasteiger partial charge in [0.1, 0.15) is 0 Å². The van der Waals surface area contributed by atoms with Crippen molar-refractivity contribution in [2.75, 3.05) is 0 Å². The maximum absolute atomic E-state index is 14.6. The van der Waals surface area contributed by atoms with Crippen LogP contribution in [0.1, 0.15) is 0 Å². The van der Waals surface area contributed by atoms with E-state index in [0.717, 1.165) is 9.66 Å². The minimum Gasteiger partial charge on any atom is -0.307 e. The van der Waals surface area contributed by atoms with E-state index in [-0.39, 0.29) is 0 Å². The average Bonchev–Trinajstić information content (AvgIpc) is 2.19. The summed E-state index contributed by atoms with van der Waals surface area (Å²) in [6.07, 6.45) is 3.33. The van der Waals surface area contributed by atoms with Gasteiger partial charge in [0.05, 0.1) is 0 Å². The molecular weight excluding hydrogens is 271 g/mol. The molecule has 15 heavy (non-hydrogen) atoms. The second-order valence-electron chi connectivity index (χ2n) is 3.46. The van der Waals surface area contributed by atoms with Crippen molar-refractivity contribution >= 4 is 29.5 Å². The molecule has 1 aromatic carbocycles. The minimum absolute atomic E-state index is 0.445. The van der Waals surface area contributed by atoms with E-state index >= 15 is 0 Å². The van der Waals surface area contributed by atoms with Gasteiger partial charge in [-0.25, -0.2) is 0 Å². The second-order valence-corrected chi connectivity index (χ2v) is 7.70. The first-order valence-electron chi connectivity index (χ1n) is 4.79. The van der Waals surface area contributed by atoms with Crippen molar-refractivity contribution in [1.82, 2.24) is 0 Å². The van der Waals surface area contributed by atoms with Crippen LogP contribution in [0.4, 0.5) is 4.11 Å². The molecule has 0 saturated carbocycles. The first-order valence-corrected chi connectivity index (χ1v) is 7.87.